The lowest BCUT2D eigenvalue weighted by atomic mass is 10.1. The lowest BCUT2D eigenvalue weighted by Gasteiger charge is -2.22. The van der Waals surface area contributed by atoms with E-state index >= 15 is 0 Å². The summed E-state index contributed by atoms with van der Waals surface area (Å²) in [7, 11) is 1.58. The summed E-state index contributed by atoms with van der Waals surface area (Å²) in [4.78, 5) is 25.4. The zero-order valence-electron chi connectivity index (χ0n) is 12.2. The Bertz CT molecular complexity index is 712. The van der Waals surface area contributed by atoms with Gasteiger partial charge in [-0.2, -0.15) is 5.10 Å². The van der Waals surface area contributed by atoms with Crippen LogP contribution in [0.1, 0.15) is 23.2 Å². The molecule has 2 aromatic rings. The van der Waals surface area contributed by atoms with Crippen molar-refractivity contribution in [2.45, 2.75) is 25.0 Å². The molecule has 3 rings (SSSR count). The summed E-state index contributed by atoms with van der Waals surface area (Å²) in [6.07, 6.45) is 3.62. The third-order valence-corrected chi connectivity index (χ3v) is 4.04. The predicted molar refractivity (Wildman–Crippen MR) is 77.7 cm³/mol. The van der Waals surface area contributed by atoms with E-state index in [1.165, 1.54) is 6.20 Å². The molecule has 7 nitrogen and oxygen atoms in total. The van der Waals surface area contributed by atoms with Crippen molar-refractivity contribution in [3.8, 4) is 0 Å². The minimum atomic E-state index is -0.917. The van der Waals surface area contributed by atoms with E-state index in [-0.39, 0.29) is 24.5 Å². The van der Waals surface area contributed by atoms with Crippen LogP contribution in [0.5, 0.6) is 0 Å². The summed E-state index contributed by atoms with van der Waals surface area (Å²) in [5.74, 6) is -1.12. The number of carboxylic acids is 1. The van der Waals surface area contributed by atoms with Crippen molar-refractivity contribution in [1.29, 1.82) is 0 Å². The van der Waals surface area contributed by atoms with Crippen LogP contribution in [-0.4, -0.2) is 57.3 Å². The molecule has 3 heterocycles. The molecule has 7 heteroatoms. The van der Waals surface area contributed by atoms with Crippen molar-refractivity contribution >= 4 is 17.4 Å². The van der Waals surface area contributed by atoms with Crippen LogP contribution in [-0.2, 0) is 9.53 Å². The zero-order valence-corrected chi connectivity index (χ0v) is 12.2. The highest BCUT2D eigenvalue weighted by atomic mass is 16.5. The average molecular weight is 303 g/mol. The van der Waals surface area contributed by atoms with Crippen LogP contribution in [0.25, 0.3) is 5.52 Å². The second kappa shape index (κ2) is 5.76. The summed E-state index contributed by atoms with van der Waals surface area (Å²) >= 11 is 0. The number of methoxy groups -OCH3 is 1. The molecular formula is C15H17N3O4. The molecule has 1 saturated heterocycles. The smallest absolute Gasteiger partial charge is 0.305 e. The fourth-order valence-corrected chi connectivity index (χ4v) is 2.94. The van der Waals surface area contributed by atoms with Gasteiger partial charge in [0, 0.05) is 25.9 Å². The fourth-order valence-electron chi connectivity index (χ4n) is 2.94. The van der Waals surface area contributed by atoms with E-state index in [1.54, 1.807) is 22.7 Å². The topological polar surface area (TPSA) is 84.1 Å². The van der Waals surface area contributed by atoms with Gasteiger partial charge < -0.3 is 14.7 Å². The van der Waals surface area contributed by atoms with E-state index < -0.39 is 5.97 Å². The number of pyridine rings is 1. The molecule has 0 radical (unpaired) electrons. The van der Waals surface area contributed by atoms with Crippen LogP contribution in [0.15, 0.2) is 30.6 Å². The molecule has 2 atom stereocenters. The number of fused-ring (bicyclic) bond motifs is 1. The normalized spacial score (nSPS) is 21.4. The number of rotatable bonds is 4. The standard InChI is InChI=1S/C15H17N3O4/c1-22-11-6-10(7-14(19)20)17(9-11)15(21)12-8-16-18-5-3-2-4-13(12)18/h2-5,8,10-11H,6-7,9H2,1H3,(H,19,20). The summed E-state index contributed by atoms with van der Waals surface area (Å²) in [5.41, 5.74) is 1.19. The van der Waals surface area contributed by atoms with Crippen molar-refractivity contribution < 1.29 is 19.4 Å². The maximum Gasteiger partial charge on any atom is 0.305 e. The van der Waals surface area contributed by atoms with Gasteiger partial charge in [-0.15, -0.1) is 0 Å². The molecule has 0 spiro atoms. The summed E-state index contributed by atoms with van der Waals surface area (Å²) < 4.78 is 6.93. The first kappa shape index (κ1) is 14.5. The van der Waals surface area contributed by atoms with Gasteiger partial charge in [0.25, 0.3) is 5.91 Å². The van der Waals surface area contributed by atoms with Crippen LogP contribution < -0.4 is 0 Å². The third-order valence-electron chi connectivity index (χ3n) is 4.04. The Morgan fingerprint density at radius 1 is 1.45 bits per heavy atom. The molecule has 0 saturated carbocycles. The first-order valence-electron chi connectivity index (χ1n) is 7.08. The molecule has 1 N–H and O–H groups in total. The Balaban J connectivity index is 1.90. The van der Waals surface area contributed by atoms with Crippen LogP contribution in [0.3, 0.4) is 0 Å². The highest BCUT2D eigenvalue weighted by Crippen LogP contribution is 2.25. The number of nitrogens with zero attached hydrogens (tertiary/aromatic N) is 3. The van der Waals surface area contributed by atoms with E-state index in [0.717, 1.165) is 0 Å². The number of ether oxygens (including phenoxy) is 1. The van der Waals surface area contributed by atoms with E-state index in [9.17, 15) is 9.59 Å². The summed E-state index contributed by atoms with van der Waals surface area (Å²) in [6, 6.07) is 5.13. The fraction of sp³-hybridized carbons (Fsp3) is 0.400. The van der Waals surface area contributed by atoms with Gasteiger partial charge in [-0.3, -0.25) is 9.59 Å². The number of hydrogen-bond donors (Lipinski definition) is 1. The second-order valence-electron chi connectivity index (χ2n) is 5.39. The zero-order chi connectivity index (χ0) is 15.7. The third kappa shape index (κ3) is 2.55. The van der Waals surface area contributed by atoms with Crippen LogP contribution in [0, 0.1) is 0 Å². The first-order chi connectivity index (χ1) is 10.6. The summed E-state index contributed by atoms with van der Waals surface area (Å²) in [6.45, 7) is 0.400. The minimum absolute atomic E-state index is 0.0786. The van der Waals surface area contributed by atoms with Gasteiger partial charge in [-0.1, -0.05) is 6.07 Å². The predicted octanol–water partition coefficient (Wildman–Crippen LogP) is 1.04. The van der Waals surface area contributed by atoms with Crippen molar-refractivity contribution in [2.24, 2.45) is 0 Å². The van der Waals surface area contributed by atoms with Gasteiger partial charge in [0.05, 0.1) is 29.8 Å². The first-order valence-corrected chi connectivity index (χ1v) is 7.08. The van der Waals surface area contributed by atoms with Gasteiger partial charge in [0.1, 0.15) is 0 Å². The maximum atomic E-state index is 12.8. The quantitative estimate of drug-likeness (QED) is 0.912. The molecule has 1 fully saturated rings. The van der Waals surface area contributed by atoms with E-state index in [0.29, 0.717) is 24.0 Å². The van der Waals surface area contributed by atoms with E-state index in [2.05, 4.69) is 5.10 Å². The minimum Gasteiger partial charge on any atom is -0.481 e. The van der Waals surface area contributed by atoms with Gasteiger partial charge in [0.2, 0.25) is 0 Å². The van der Waals surface area contributed by atoms with Crippen molar-refractivity contribution in [3.63, 3.8) is 0 Å². The molecule has 2 unspecified atom stereocenters. The number of hydrogen-bond acceptors (Lipinski definition) is 4. The number of aliphatic carboxylic acids is 1. The lowest BCUT2D eigenvalue weighted by Crippen LogP contribution is -2.37. The van der Waals surface area contributed by atoms with Gasteiger partial charge in [-0.05, 0) is 18.6 Å². The number of amides is 1. The molecule has 0 aromatic carbocycles. The van der Waals surface area contributed by atoms with Crippen molar-refractivity contribution in [2.75, 3.05) is 13.7 Å². The SMILES string of the molecule is COC1CC(CC(=O)O)N(C(=O)c2cnn3ccccc23)C1. The van der Waals surface area contributed by atoms with Crippen molar-refractivity contribution in [1.82, 2.24) is 14.5 Å². The molecule has 0 bridgehead atoms. The lowest BCUT2D eigenvalue weighted by molar-refractivity contribution is -0.137. The second-order valence-corrected chi connectivity index (χ2v) is 5.39. The van der Waals surface area contributed by atoms with Crippen LogP contribution in [0.2, 0.25) is 0 Å². The van der Waals surface area contributed by atoms with Crippen LogP contribution in [0.4, 0.5) is 0 Å². The van der Waals surface area contributed by atoms with Crippen molar-refractivity contribution in [3.05, 3.63) is 36.2 Å². The molecule has 1 amide bonds. The number of carbonyl (C=O) groups is 2. The molecule has 116 valence electrons. The van der Waals surface area contributed by atoms with E-state index in [1.807, 2.05) is 18.2 Å². The highest BCUT2D eigenvalue weighted by molar-refractivity contribution is 6.01. The largest absolute Gasteiger partial charge is 0.481 e. The molecular weight excluding hydrogens is 286 g/mol. The highest BCUT2D eigenvalue weighted by Gasteiger charge is 2.37. The molecule has 1 aliphatic rings. The van der Waals surface area contributed by atoms with Gasteiger partial charge >= 0.3 is 5.97 Å². The monoisotopic (exact) mass is 303 g/mol. The number of aromatic nitrogens is 2. The number of carbonyl (C=O) groups excluding carboxylic acids is 1. The number of carboxylic acid groups (broad SMARTS) is 1. The van der Waals surface area contributed by atoms with Gasteiger partial charge in [-0.25, -0.2) is 4.52 Å². The van der Waals surface area contributed by atoms with Crippen LogP contribution >= 0.6 is 0 Å². The maximum absolute atomic E-state index is 12.8. The summed E-state index contributed by atoms with van der Waals surface area (Å²) in [5, 5.41) is 13.2. The molecule has 1 aliphatic heterocycles. The Labute approximate surface area is 127 Å². The Morgan fingerprint density at radius 2 is 2.27 bits per heavy atom. The average Bonchev–Trinajstić information content (AvgIpc) is 3.10. The molecule has 22 heavy (non-hydrogen) atoms. The number of likely N-dealkylation sites (tertiary alicyclic amines) is 1. The molecule has 0 aliphatic carbocycles. The molecule has 2 aromatic heterocycles. The van der Waals surface area contributed by atoms with Gasteiger partial charge in [0.15, 0.2) is 0 Å². The van der Waals surface area contributed by atoms with E-state index in [4.69, 9.17) is 9.84 Å². The Kier molecular flexibility index (Phi) is 3.81. The Morgan fingerprint density at radius 3 is 3.00 bits per heavy atom. The Hall–Kier alpha value is -2.41.